The Morgan fingerprint density at radius 2 is 1.95 bits per heavy atom. The van der Waals surface area contributed by atoms with E-state index in [-0.39, 0.29) is 6.04 Å². The van der Waals surface area contributed by atoms with E-state index in [2.05, 4.69) is 55.4 Å². The molecule has 0 aliphatic carbocycles. The van der Waals surface area contributed by atoms with Gasteiger partial charge in [0.05, 0.1) is 11.9 Å². The number of nitrogens with zero attached hydrogens (tertiary/aromatic N) is 2. The summed E-state index contributed by atoms with van der Waals surface area (Å²) in [5.74, 6) is 1.30. The third-order valence-corrected chi connectivity index (χ3v) is 4.74. The minimum absolute atomic E-state index is 0.155. The van der Waals surface area contributed by atoms with Crippen LogP contribution in [-0.2, 0) is 6.54 Å². The van der Waals surface area contributed by atoms with Crippen molar-refractivity contribution in [1.82, 2.24) is 10.2 Å². The fraction of sp³-hybridized carbons (Fsp3) is 0.294. The molecule has 4 nitrogen and oxygen atoms in total. The van der Waals surface area contributed by atoms with Crippen molar-refractivity contribution in [2.24, 2.45) is 0 Å². The SMILES string of the molecule is Cc1ccc(C[NH+](C)[C@@H](C)c2nnc(-c3cccs3)o2)cc1. The predicted molar refractivity (Wildman–Crippen MR) is 87.8 cm³/mol. The zero-order valence-corrected chi connectivity index (χ0v) is 13.9. The first-order valence-electron chi connectivity index (χ1n) is 7.38. The molecule has 0 amide bonds. The molecule has 0 aliphatic rings. The van der Waals surface area contributed by atoms with Crippen LogP contribution in [0.4, 0.5) is 0 Å². The lowest BCUT2D eigenvalue weighted by atomic mass is 10.1. The van der Waals surface area contributed by atoms with Crippen LogP contribution in [0, 0.1) is 6.92 Å². The average Bonchev–Trinajstić information content (AvgIpc) is 3.19. The van der Waals surface area contributed by atoms with Gasteiger partial charge < -0.3 is 9.32 Å². The Balaban J connectivity index is 1.70. The number of aromatic nitrogens is 2. The Bertz CT molecular complexity index is 719. The van der Waals surface area contributed by atoms with Gasteiger partial charge >= 0.3 is 0 Å². The highest BCUT2D eigenvalue weighted by Gasteiger charge is 2.22. The van der Waals surface area contributed by atoms with Gasteiger partial charge in [0, 0.05) is 5.56 Å². The number of benzene rings is 1. The van der Waals surface area contributed by atoms with Crippen molar-refractivity contribution in [1.29, 1.82) is 0 Å². The number of hydrogen-bond donors (Lipinski definition) is 1. The van der Waals surface area contributed by atoms with Crippen LogP contribution in [-0.4, -0.2) is 17.2 Å². The van der Waals surface area contributed by atoms with Crippen molar-refractivity contribution >= 4 is 11.3 Å². The van der Waals surface area contributed by atoms with E-state index in [1.807, 2.05) is 17.5 Å². The smallest absolute Gasteiger partial charge is 0.274 e. The molecule has 1 N–H and O–H groups in total. The summed E-state index contributed by atoms with van der Waals surface area (Å²) in [5, 5.41) is 10.4. The molecule has 0 spiro atoms. The first kappa shape index (κ1) is 14.9. The monoisotopic (exact) mass is 314 g/mol. The average molecular weight is 314 g/mol. The molecular formula is C17H20N3OS+. The summed E-state index contributed by atoms with van der Waals surface area (Å²) in [6.45, 7) is 5.15. The molecule has 22 heavy (non-hydrogen) atoms. The predicted octanol–water partition coefficient (Wildman–Crippen LogP) is 2.88. The maximum Gasteiger partial charge on any atom is 0.274 e. The third kappa shape index (κ3) is 3.26. The van der Waals surface area contributed by atoms with Gasteiger partial charge in [0.15, 0.2) is 6.04 Å². The van der Waals surface area contributed by atoms with Crippen molar-refractivity contribution in [3.63, 3.8) is 0 Å². The van der Waals surface area contributed by atoms with Crippen molar-refractivity contribution in [3.05, 3.63) is 58.8 Å². The molecule has 1 aromatic carbocycles. The molecule has 3 rings (SSSR count). The largest absolute Gasteiger partial charge is 0.414 e. The van der Waals surface area contributed by atoms with Crippen LogP contribution in [0.25, 0.3) is 10.8 Å². The third-order valence-electron chi connectivity index (χ3n) is 3.89. The first-order chi connectivity index (χ1) is 10.6. The van der Waals surface area contributed by atoms with Crippen LogP contribution in [0.2, 0.25) is 0 Å². The number of hydrogen-bond acceptors (Lipinski definition) is 4. The lowest BCUT2D eigenvalue weighted by Crippen LogP contribution is -3.07. The summed E-state index contributed by atoms with van der Waals surface area (Å²) in [6.07, 6.45) is 0. The molecule has 0 aliphatic heterocycles. The second-order valence-electron chi connectivity index (χ2n) is 5.65. The first-order valence-corrected chi connectivity index (χ1v) is 8.26. The van der Waals surface area contributed by atoms with Gasteiger partial charge in [-0.05, 0) is 25.3 Å². The number of thiophene rings is 1. The Morgan fingerprint density at radius 3 is 2.64 bits per heavy atom. The Hall–Kier alpha value is -1.98. The van der Waals surface area contributed by atoms with Crippen LogP contribution in [0.5, 0.6) is 0 Å². The summed E-state index contributed by atoms with van der Waals surface area (Å²) in [5.41, 5.74) is 2.60. The minimum atomic E-state index is 0.155. The van der Waals surface area contributed by atoms with Crippen molar-refractivity contribution in [2.45, 2.75) is 26.4 Å². The van der Waals surface area contributed by atoms with Crippen LogP contribution in [0.1, 0.15) is 30.0 Å². The maximum absolute atomic E-state index is 5.84. The van der Waals surface area contributed by atoms with Gasteiger partial charge in [0.25, 0.3) is 11.8 Å². The van der Waals surface area contributed by atoms with Crippen LogP contribution < -0.4 is 4.90 Å². The molecule has 0 saturated carbocycles. The summed E-state index contributed by atoms with van der Waals surface area (Å²) in [6, 6.07) is 12.8. The number of aryl methyl sites for hydroxylation is 1. The van der Waals surface area contributed by atoms with E-state index < -0.39 is 0 Å². The lowest BCUT2D eigenvalue weighted by Gasteiger charge is -2.18. The summed E-state index contributed by atoms with van der Waals surface area (Å²) < 4.78 is 5.84. The molecule has 2 aromatic heterocycles. The number of nitrogens with one attached hydrogen (secondary N) is 1. The van der Waals surface area contributed by atoms with Gasteiger partial charge in [-0.2, -0.15) is 0 Å². The fourth-order valence-electron chi connectivity index (χ4n) is 2.30. The molecule has 0 radical (unpaired) electrons. The van der Waals surface area contributed by atoms with Gasteiger partial charge in [-0.1, -0.05) is 35.9 Å². The Labute approximate surface area is 134 Å². The standard InChI is InChI=1S/C17H19N3OS/c1-12-6-8-14(9-7-12)11-20(3)13(2)16-18-19-17(21-16)15-5-4-10-22-15/h4-10,13H,11H2,1-3H3/p+1/t13-/m0/s1. The molecule has 0 fully saturated rings. The topological polar surface area (TPSA) is 43.4 Å². The maximum atomic E-state index is 5.84. The molecule has 2 heterocycles. The molecule has 5 heteroatoms. The van der Waals surface area contributed by atoms with E-state index in [9.17, 15) is 0 Å². The second-order valence-corrected chi connectivity index (χ2v) is 6.60. The van der Waals surface area contributed by atoms with Crippen molar-refractivity contribution < 1.29 is 9.32 Å². The highest BCUT2D eigenvalue weighted by molar-refractivity contribution is 7.13. The van der Waals surface area contributed by atoms with E-state index in [4.69, 9.17) is 4.42 Å². The molecular weight excluding hydrogens is 294 g/mol. The molecule has 2 atom stereocenters. The molecule has 0 saturated heterocycles. The quantitative estimate of drug-likeness (QED) is 0.787. The highest BCUT2D eigenvalue weighted by atomic mass is 32.1. The Kier molecular flexibility index (Phi) is 4.36. The van der Waals surface area contributed by atoms with Gasteiger partial charge in [0.1, 0.15) is 6.54 Å². The minimum Gasteiger partial charge on any atom is -0.414 e. The summed E-state index contributed by atoms with van der Waals surface area (Å²) >= 11 is 1.61. The van der Waals surface area contributed by atoms with Crippen molar-refractivity contribution in [3.8, 4) is 10.8 Å². The number of quaternary nitrogens is 1. The van der Waals surface area contributed by atoms with Gasteiger partial charge in [0.2, 0.25) is 0 Å². The van der Waals surface area contributed by atoms with E-state index in [1.165, 1.54) is 16.0 Å². The molecule has 3 aromatic rings. The molecule has 1 unspecified atom stereocenters. The summed E-state index contributed by atoms with van der Waals surface area (Å²) in [4.78, 5) is 2.34. The zero-order valence-electron chi connectivity index (χ0n) is 13.0. The van der Waals surface area contributed by atoms with Gasteiger partial charge in [-0.25, -0.2) is 0 Å². The molecule has 0 bridgehead atoms. The van der Waals surface area contributed by atoms with E-state index in [1.54, 1.807) is 11.3 Å². The highest BCUT2D eigenvalue weighted by Crippen LogP contribution is 2.24. The van der Waals surface area contributed by atoms with E-state index >= 15 is 0 Å². The summed E-state index contributed by atoms with van der Waals surface area (Å²) in [7, 11) is 2.15. The van der Waals surface area contributed by atoms with Crippen LogP contribution in [0.3, 0.4) is 0 Å². The van der Waals surface area contributed by atoms with Crippen LogP contribution in [0.15, 0.2) is 46.2 Å². The van der Waals surface area contributed by atoms with Crippen molar-refractivity contribution in [2.75, 3.05) is 7.05 Å². The Morgan fingerprint density at radius 1 is 1.18 bits per heavy atom. The zero-order chi connectivity index (χ0) is 15.5. The van der Waals surface area contributed by atoms with Crippen LogP contribution >= 0.6 is 11.3 Å². The van der Waals surface area contributed by atoms with Gasteiger partial charge in [-0.15, -0.1) is 21.5 Å². The van der Waals surface area contributed by atoms with Gasteiger partial charge in [-0.3, -0.25) is 0 Å². The van der Waals surface area contributed by atoms with E-state index in [0.29, 0.717) is 11.8 Å². The second kappa shape index (κ2) is 6.42. The lowest BCUT2D eigenvalue weighted by molar-refractivity contribution is -0.925. The normalized spacial score (nSPS) is 14.0. The van der Waals surface area contributed by atoms with E-state index in [0.717, 1.165) is 11.4 Å². The fourth-order valence-corrected chi connectivity index (χ4v) is 2.95. The number of rotatable bonds is 5. The molecule has 114 valence electrons.